The third-order valence-corrected chi connectivity index (χ3v) is 5.50. The van der Waals surface area contributed by atoms with E-state index < -0.39 is 11.2 Å². The van der Waals surface area contributed by atoms with Crippen LogP contribution < -0.4 is 26.8 Å². The number of unbranched alkanes of at least 4 members (excludes halogenated alkanes) is 1. The monoisotopic (exact) mass is 396 g/mol. The zero-order valence-electron chi connectivity index (χ0n) is 17.3. The fourth-order valence-corrected chi connectivity index (χ4v) is 3.73. The molecule has 1 fully saturated rings. The van der Waals surface area contributed by atoms with Crippen LogP contribution in [0.2, 0.25) is 0 Å². The summed E-state index contributed by atoms with van der Waals surface area (Å²) >= 11 is 0. The molecule has 9 heteroatoms. The van der Waals surface area contributed by atoms with Crippen LogP contribution in [0.25, 0.3) is 0 Å². The molecule has 2 atom stereocenters. The summed E-state index contributed by atoms with van der Waals surface area (Å²) in [6.45, 7) is 6.24. The lowest BCUT2D eigenvalue weighted by Crippen LogP contribution is -3.17. The van der Waals surface area contributed by atoms with Crippen molar-refractivity contribution in [2.45, 2.75) is 58.5 Å². The maximum Gasteiger partial charge on any atom is 0.330 e. The number of nitrogens with zero attached hydrogens (tertiary/aromatic N) is 2. The average Bonchev–Trinajstić information content (AvgIpc) is 2.65. The number of hydrogen-bond donors (Lipinski definition) is 3. The number of carbonyl (C=O) groups is 1. The molecule has 158 valence electrons. The number of likely N-dealkylation sites (tertiary alicyclic amines) is 1. The number of quaternary nitrogens is 1. The number of carbonyl (C=O) groups excluding carboxylic acids is 1. The molecule has 2 rings (SSSR count). The molecule has 9 nitrogen and oxygen atoms in total. The first-order valence-corrected chi connectivity index (χ1v) is 10.2. The number of anilines is 2. The third-order valence-electron chi connectivity index (χ3n) is 5.50. The first-order chi connectivity index (χ1) is 13.4. The number of amides is 1. The van der Waals surface area contributed by atoms with E-state index >= 15 is 0 Å². The highest BCUT2D eigenvalue weighted by molar-refractivity contribution is 5.96. The van der Waals surface area contributed by atoms with Crippen molar-refractivity contribution in [3.63, 3.8) is 0 Å². The molecule has 0 bridgehead atoms. The van der Waals surface area contributed by atoms with Crippen LogP contribution in [0.3, 0.4) is 0 Å². The second-order valence-electron chi connectivity index (χ2n) is 7.52. The first-order valence-electron chi connectivity index (χ1n) is 10.2. The Morgan fingerprint density at radius 2 is 2.14 bits per heavy atom. The second-order valence-corrected chi connectivity index (χ2v) is 7.52. The fourth-order valence-electron chi connectivity index (χ4n) is 3.73. The standard InChI is InChI=1S/C19H33N5O4/c1-4-5-10-24-17(20)16(18(26)21-19(24)27)23(11-12-28-3)15(25)13-22-9-7-6-8-14(22)2/h14H,4-13,20H2,1-3H3,(H,21,26,27)/p+1/t14-/m1/s1. The number of nitrogens with one attached hydrogen (secondary N) is 2. The number of hydrogen-bond acceptors (Lipinski definition) is 5. The zero-order chi connectivity index (χ0) is 20.7. The summed E-state index contributed by atoms with van der Waals surface area (Å²) in [4.78, 5) is 42.8. The maximum atomic E-state index is 13.1. The number of H-pyrrole nitrogens is 1. The topological polar surface area (TPSA) is 115 Å². The minimum Gasteiger partial charge on any atom is -0.383 e. The minimum atomic E-state index is -0.638. The van der Waals surface area contributed by atoms with Crippen molar-refractivity contribution < 1.29 is 14.4 Å². The largest absolute Gasteiger partial charge is 0.383 e. The summed E-state index contributed by atoms with van der Waals surface area (Å²) in [5.41, 5.74) is 5.06. The van der Waals surface area contributed by atoms with Crippen LogP contribution in [0.5, 0.6) is 0 Å². The molecule has 0 aromatic carbocycles. The number of aromatic amines is 1. The maximum absolute atomic E-state index is 13.1. The van der Waals surface area contributed by atoms with Crippen LogP contribution >= 0.6 is 0 Å². The molecule has 0 aliphatic carbocycles. The van der Waals surface area contributed by atoms with Crippen molar-refractivity contribution >= 4 is 17.4 Å². The van der Waals surface area contributed by atoms with Crippen molar-refractivity contribution in [1.82, 2.24) is 9.55 Å². The Balaban J connectivity index is 2.37. The van der Waals surface area contributed by atoms with Gasteiger partial charge in [-0.05, 0) is 32.6 Å². The Hall–Kier alpha value is -2.13. The molecule has 0 saturated carbocycles. The van der Waals surface area contributed by atoms with Crippen LogP contribution in [0, 0.1) is 0 Å². The van der Waals surface area contributed by atoms with Crippen LogP contribution in [0.1, 0.15) is 46.0 Å². The van der Waals surface area contributed by atoms with E-state index in [2.05, 4.69) is 11.9 Å². The number of nitrogen functional groups attached to an aromatic ring is 1. The fraction of sp³-hybridized carbons (Fsp3) is 0.737. The Kier molecular flexibility index (Phi) is 8.25. The summed E-state index contributed by atoms with van der Waals surface area (Å²) in [5.74, 6) is -0.146. The van der Waals surface area contributed by atoms with Gasteiger partial charge in [0.1, 0.15) is 5.82 Å². The Bertz CT molecular complexity index is 773. The molecule has 2 heterocycles. The van der Waals surface area contributed by atoms with Crippen LogP contribution in [0.15, 0.2) is 9.59 Å². The molecule has 1 amide bonds. The molecule has 1 aromatic heterocycles. The Morgan fingerprint density at radius 1 is 1.39 bits per heavy atom. The number of methoxy groups -OCH3 is 1. The highest BCUT2D eigenvalue weighted by atomic mass is 16.5. The van der Waals surface area contributed by atoms with E-state index in [1.165, 1.54) is 27.9 Å². The number of rotatable bonds is 9. The zero-order valence-corrected chi connectivity index (χ0v) is 17.3. The highest BCUT2D eigenvalue weighted by Crippen LogP contribution is 2.17. The van der Waals surface area contributed by atoms with Gasteiger partial charge in [-0.1, -0.05) is 13.3 Å². The summed E-state index contributed by atoms with van der Waals surface area (Å²) < 4.78 is 6.47. The highest BCUT2D eigenvalue weighted by Gasteiger charge is 2.30. The number of aromatic nitrogens is 2. The Labute approximate surface area is 165 Å². The van der Waals surface area contributed by atoms with Crippen molar-refractivity contribution in [3.8, 4) is 0 Å². The van der Waals surface area contributed by atoms with Gasteiger partial charge in [-0.3, -0.25) is 24.0 Å². The predicted molar refractivity (Wildman–Crippen MR) is 109 cm³/mol. The molecule has 1 aromatic rings. The van der Waals surface area contributed by atoms with Crippen LogP contribution in [0.4, 0.5) is 11.5 Å². The van der Waals surface area contributed by atoms with Gasteiger partial charge in [-0.25, -0.2) is 4.79 Å². The van der Waals surface area contributed by atoms with E-state index in [9.17, 15) is 14.4 Å². The van der Waals surface area contributed by atoms with Crippen molar-refractivity contribution in [2.75, 3.05) is 44.0 Å². The number of piperidine rings is 1. The SMILES string of the molecule is CCCCn1c(N)c(N(CCOC)C(=O)C[NH+]2CCCC[C@H]2C)c(=O)[nH]c1=O. The summed E-state index contributed by atoms with van der Waals surface area (Å²) in [6.07, 6.45) is 4.99. The van der Waals surface area contributed by atoms with E-state index in [4.69, 9.17) is 10.5 Å². The molecule has 1 unspecified atom stereocenters. The summed E-state index contributed by atoms with van der Waals surface area (Å²) in [6, 6.07) is 0.399. The lowest BCUT2D eigenvalue weighted by Gasteiger charge is -2.32. The van der Waals surface area contributed by atoms with Crippen molar-refractivity contribution in [2.24, 2.45) is 0 Å². The van der Waals surface area contributed by atoms with Gasteiger partial charge in [0.15, 0.2) is 12.2 Å². The second kappa shape index (κ2) is 10.4. The molecule has 1 saturated heterocycles. The normalized spacial score (nSPS) is 19.5. The van der Waals surface area contributed by atoms with Gasteiger partial charge in [-0.2, -0.15) is 0 Å². The number of nitrogens with two attached hydrogens (primary N) is 1. The first kappa shape index (κ1) is 22.2. The van der Waals surface area contributed by atoms with Crippen molar-refractivity contribution in [3.05, 3.63) is 20.8 Å². The van der Waals surface area contributed by atoms with Gasteiger partial charge in [0.2, 0.25) is 0 Å². The Morgan fingerprint density at radius 3 is 2.79 bits per heavy atom. The van der Waals surface area contributed by atoms with Gasteiger partial charge in [-0.15, -0.1) is 0 Å². The average molecular weight is 397 g/mol. The molecule has 1 aliphatic rings. The van der Waals surface area contributed by atoms with E-state index in [0.29, 0.717) is 12.6 Å². The van der Waals surface area contributed by atoms with Crippen LogP contribution in [-0.4, -0.2) is 54.9 Å². The van der Waals surface area contributed by atoms with Gasteiger partial charge in [0.25, 0.3) is 11.5 Å². The van der Waals surface area contributed by atoms with E-state index in [1.54, 1.807) is 0 Å². The van der Waals surface area contributed by atoms with Gasteiger partial charge < -0.3 is 15.4 Å². The van der Waals surface area contributed by atoms with Crippen molar-refractivity contribution in [1.29, 1.82) is 0 Å². The molecule has 0 spiro atoms. The van der Waals surface area contributed by atoms with Crippen LogP contribution in [-0.2, 0) is 16.1 Å². The van der Waals surface area contributed by atoms with E-state index in [1.807, 2.05) is 6.92 Å². The summed E-state index contributed by atoms with van der Waals surface area (Å²) in [5, 5.41) is 0. The molecular formula is C19H34N5O4+. The quantitative estimate of drug-likeness (QED) is 0.513. The van der Waals surface area contributed by atoms with Gasteiger partial charge in [0.05, 0.1) is 19.2 Å². The molecule has 1 aliphatic heterocycles. The molecular weight excluding hydrogens is 362 g/mol. The number of ether oxygens (including phenoxy) is 1. The van der Waals surface area contributed by atoms with E-state index in [-0.39, 0.29) is 37.1 Å². The summed E-state index contributed by atoms with van der Waals surface area (Å²) in [7, 11) is 1.54. The van der Waals surface area contributed by atoms with E-state index in [0.717, 1.165) is 32.2 Å². The smallest absolute Gasteiger partial charge is 0.330 e. The molecule has 4 N–H and O–H groups in total. The van der Waals surface area contributed by atoms with Gasteiger partial charge >= 0.3 is 5.69 Å². The molecule has 0 radical (unpaired) electrons. The minimum absolute atomic E-state index is 0.0355. The lowest BCUT2D eigenvalue weighted by atomic mass is 10.0. The predicted octanol–water partition coefficient (Wildman–Crippen LogP) is -0.644. The third kappa shape index (κ3) is 5.23. The van der Waals surface area contributed by atoms with Gasteiger partial charge in [0, 0.05) is 20.2 Å². The molecule has 28 heavy (non-hydrogen) atoms. The lowest BCUT2D eigenvalue weighted by molar-refractivity contribution is -0.920.